The van der Waals surface area contributed by atoms with Crippen molar-refractivity contribution >= 4 is 0 Å². The predicted molar refractivity (Wildman–Crippen MR) is 92.8 cm³/mol. The number of nitrogens with zero attached hydrogens (tertiary/aromatic N) is 2. The largest absolute Gasteiger partial charge is 0.238 e. The van der Waals surface area contributed by atoms with Crippen LogP contribution >= 0.6 is 0 Å². The lowest BCUT2D eigenvalue weighted by molar-refractivity contribution is -0.00734. The first-order valence-corrected chi connectivity index (χ1v) is 9.40. The highest BCUT2D eigenvalue weighted by molar-refractivity contribution is 5.35. The quantitative estimate of drug-likeness (QED) is 0.788. The summed E-state index contributed by atoms with van der Waals surface area (Å²) in [5, 5.41) is 5.16. The van der Waals surface area contributed by atoms with Gasteiger partial charge in [-0.05, 0) is 80.9 Å². The number of benzene rings is 1. The molecule has 1 heterocycles. The molecule has 2 heteroatoms. The number of rotatable bonds is 3. The third kappa shape index (κ3) is 2.10. The van der Waals surface area contributed by atoms with Gasteiger partial charge in [0.05, 0.1) is 11.4 Å². The van der Waals surface area contributed by atoms with Gasteiger partial charge in [0.15, 0.2) is 0 Å². The second-order valence-electron chi connectivity index (χ2n) is 8.32. The Hall–Kier alpha value is -1.57. The van der Waals surface area contributed by atoms with Crippen LogP contribution in [0.4, 0.5) is 0 Å². The molecule has 4 saturated carbocycles. The zero-order chi connectivity index (χ0) is 15.4. The Bertz CT molecular complexity index is 677. The summed E-state index contributed by atoms with van der Waals surface area (Å²) in [6, 6.07) is 13.1. The molecule has 1 aromatic carbocycles. The summed E-state index contributed by atoms with van der Waals surface area (Å²) in [7, 11) is 0. The maximum absolute atomic E-state index is 5.16. The molecule has 2 aromatic rings. The molecule has 0 unspecified atom stereocenters. The Morgan fingerprint density at radius 1 is 1.00 bits per heavy atom. The van der Waals surface area contributed by atoms with E-state index >= 15 is 0 Å². The molecule has 0 amide bonds. The molecule has 0 radical (unpaired) electrons. The number of aromatic nitrogens is 2. The zero-order valence-electron chi connectivity index (χ0n) is 14.0. The van der Waals surface area contributed by atoms with Crippen LogP contribution in [-0.4, -0.2) is 9.78 Å². The van der Waals surface area contributed by atoms with Crippen molar-refractivity contribution in [2.45, 2.75) is 57.3 Å². The van der Waals surface area contributed by atoms with E-state index in [-0.39, 0.29) is 0 Å². The molecule has 4 aliphatic rings. The van der Waals surface area contributed by atoms with Crippen LogP contribution in [0.3, 0.4) is 0 Å². The lowest BCUT2D eigenvalue weighted by Gasteiger charge is -2.56. The Balaban J connectivity index is 1.58. The molecule has 6 rings (SSSR count). The fraction of sp³-hybridized carbons (Fsp3) is 0.571. The molecule has 4 fully saturated rings. The molecule has 23 heavy (non-hydrogen) atoms. The van der Waals surface area contributed by atoms with Gasteiger partial charge in [-0.2, -0.15) is 5.10 Å². The lowest BCUT2D eigenvalue weighted by atomic mass is 9.49. The Kier molecular flexibility index (Phi) is 2.98. The van der Waals surface area contributed by atoms with Gasteiger partial charge in [-0.15, -0.1) is 0 Å². The molecule has 0 saturated heterocycles. The van der Waals surface area contributed by atoms with Gasteiger partial charge in [0.25, 0.3) is 0 Å². The van der Waals surface area contributed by atoms with E-state index in [0.29, 0.717) is 5.41 Å². The van der Waals surface area contributed by atoms with Gasteiger partial charge < -0.3 is 0 Å². The van der Waals surface area contributed by atoms with E-state index in [4.69, 9.17) is 5.10 Å². The summed E-state index contributed by atoms with van der Waals surface area (Å²) in [5.41, 5.74) is 4.37. The van der Waals surface area contributed by atoms with Crippen molar-refractivity contribution in [2.75, 3.05) is 0 Å². The standard InChI is InChI=1S/C21H26N2/c1-2-18-11-20(22-23(18)19-6-4-3-5-7-19)21-12-15-8-16(13-21)10-17(9-15)14-21/h3-7,11,15-17H,2,8-10,12-14H2,1H3. The van der Waals surface area contributed by atoms with Gasteiger partial charge in [0, 0.05) is 11.1 Å². The molecule has 4 aliphatic carbocycles. The second kappa shape index (κ2) is 4.96. The first-order chi connectivity index (χ1) is 11.3. The Morgan fingerprint density at radius 2 is 1.61 bits per heavy atom. The predicted octanol–water partition coefficient (Wildman–Crippen LogP) is 4.90. The monoisotopic (exact) mass is 306 g/mol. The number of hydrogen-bond donors (Lipinski definition) is 0. The normalized spacial score (nSPS) is 34.9. The van der Waals surface area contributed by atoms with Crippen molar-refractivity contribution in [3.05, 3.63) is 47.8 Å². The third-order valence-electron chi connectivity index (χ3n) is 6.73. The molecule has 1 aromatic heterocycles. The number of para-hydroxylation sites is 1. The summed E-state index contributed by atoms with van der Waals surface area (Å²) in [5.74, 6) is 2.94. The van der Waals surface area contributed by atoms with Crippen molar-refractivity contribution in [3.63, 3.8) is 0 Å². The highest BCUT2D eigenvalue weighted by Crippen LogP contribution is 2.60. The number of hydrogen-bond acceptors (Lipinski definition) is 1. The Morgan fingerprint density at radius 3 is 2.17 bits per heavy atom. The van der Waals surface area contributed by atoms with Crippen molar-refractivity contribution in [2.24, 2.45) is 17.8 Å². The van der Waals surface area contributed by atoms with Crippen LogP contribution in [0.25, 0.3) is 5.69 Å². The molecule has 0 spiro atoms. The molecular formula is C21H26N2. The smallest absolute Gasteiger partial charge is 0.0693 e. The van der Waals surface area contributed by atoms with Crippen molar-refractivity contribution < 1.29 is 0 Å². The van der Waals surface area contributed by atoms with E-state index in [2.05, 4.69) is 48.0 Å². The van der Waals surface area contributed by atoms with Gasteiger partial charge in [-0.25, -0.2) is 4.68 Å². The molecule has 120 valence electrons. The average molecular weight is 306 g/mol. The molecule has 2 nitrogen and oxygen atoms in total. The summed E-state index contributed by atoms with van der Waals surface area (Å²) < 4.78 is 2.20. The molecule has 0 aliphatic heterocycles. The van der Waals surface area contributed by atoms with Gasteiger partial charge in [-0.1, -0.05) is 25.1 Å². The maximum Gasteiger partial charge on any atom is 0.0693 e. The topological polar surface area (TPSA) is 17.8 Å². The van der Waals surface area contributed by atoms with Crippen LogP contribution in [0.5, 0.6) is 0 Å². The Labute approximate surface area is 138 Å². The highest BCUT2D eigenvalue weighted by atomic mass is 15.3. The van der Waals surface area contributed by atoms with Gasteiger partial charge in [0.1, 0.15) is 0 Å². The van der Waals surface area contributed by atoms with E-state index in [1.165, 1.54) is 55.6 Å². The highest BCUT2D eigenvalue weighted by Gasteiger charge is 2.52. The number of aryl methyl sites for hydroxylation is 1. The third-order valence-corrected chi connectivity index (χ3v) is 6.73. The average Bonchev–Trinajstić information content (AvgIpc) is 2.99. The second-order valence-corrected chi connectivity index (χ2v) is 8.32. The first kappa shape index (κ1) is 13.8. The van der Waals surface area contributed by atoms with Crippen LogP contribution in [0.1, 0.15) is 56.8 Å². The SMILES string of the molecule is CCc1cc(C23CC4CC(CC(C4)C2)C3)nn1-c1ccccc1. The molecular weight excluding hydrogens is 280 g/mol. The lowest BCUT2D eigenvalue weighted by Crippen LogP contribution is -2.48. The van der Waals surface area contributed by atoms with E-state index in [9.17, 15) is 0 Å². The van der Waals surface area contributed by atoms with Gasteiger partial charge >= 0.3 is 0 Å². The van der Waals surface area contributed by atoms with E-state index in [0.717, 1.165) is 24.2 Å². The zero-order valence-corrected chi connectivity index (χ0v) is 14.0. The van der Waals surface area contributed by atoms with Crippen LogP contribution in [-0.2, 0) is 11.8 Å². The molecule has 4 bridgehead atoms. The van der Waals surface area contributed by atoms with Crippen LogP contribution < -0.4 is 0 Å². The summed E-state index contributed by atoms with van der Waals surface area (Å²) >= 11 is 0. The van der Waals surface area contributed by atoms with Gasteiger partial charge in [-0.3, -0.25) is 0 Å². The van der Waals surface area contributed by atoms with E-state index in [1.54, 1.807) is 0 Å². The molecule has 0 atom stereocenters. The van der Waals surface area contributed by atoms with Gasteiger partial charge in [0.2, 0.25) is 0 Å². The summed E-state index contributed by atoms with van der Waals surface area (Å²) in [6.07, 6.45) is 9.74. The van der Waals surface area contributed by atoms with Crippen molar-refractivity contribution in [1.82, 2.24) is 9.78 Å². The van der Waals surface area contributed by atoms with Crippen LogP contribution in [0.2, 0.25) is 0 Å². The van der Waals surface area contributed by atoms with E-state index in [1.807, 2.05) is 0 Å². The van der Waals surface area contributed by atoms with Crippen LogP contribution in [0.15, 0.2) is 36.4 Å². The molecule has 0 N–H and O–H groups in total. The fourth-order valence-electron chi connectivity index (χ4n) is 6.15. The summed E-state index contributed by atoms with van der Waals surface area (Å²) in [6.45, 7) is 2.25. The minimum atomic E-state index is 0.401. The van der Waals surface area contributed by atoms with Crippen LogP contribution in [0, 0.1) is 17.8 Å². The maximum atomic E-state index is 5.16. The first-order valence-electron chi connectivity index (χ1n) is 9.40. The minimum Gasteiger partial charge on any atom is -0.238 e. The minimum absolute atomic E-state index is 0.401. The van der Waals surface area contributed by atoms with E-state index < -0.39 is 0 Å². The fourth-order valence-corrected chi connectivity index (χ4v) is 6.15. The summed E-state index contributed by atoms with van der Waals surface area (Å²) in [4.78, 5) is 0. The van der Waals surface area contributed by atoms with Crippen molar-refractivity contribution in [1.29, 1.82) is 0 Å². The van der Waals surface area contributed by atoms with Crippen molar-refractivity contribution in [3.8, 4) is 5.69 Å².